The van der Waals surface area contributed by atoms with E-state index in [2.05, 4.69) is 24.3 Å². The number of carbonyl (C=O) groups excluding carboxylic acids is 2. The van der Waals surface area contributed by atoms with E-state index in [-0.39, 0.29) is 0 Å². The van der Waals surface area contributed by atoms with Gasteiger partial charge in [-0.15, -0.1) is 0 Å². The van der Waals surface area contributed by atoms with Crippen LogP contribution in [-0.2, 0) is 25.7 Å². The highest BCUT2D eigenvalue weighted by atomic mass is 16.5. The molecule has 40 heavy (non-hydrogen) atoms. The summed E-state index contributed by atoms with van der Waals surface area (Å²) in [6.07, 6.45) is 3.71. The Labute approximate surface area is 234 Å². The molecule has 0 aliphatic carbocycles. The van der Waals surface area contributed by atoms with E-state index in [1.165, 1.54) is 16.7 Å². The molecule has 0 saturated carbocycles. The zero-order valence-corrected chi connectivity index (χ0v) is 22.2. The Hall–Kier alpha value is -4.96. The molecule has 0 radical (unpaired) electrons. The molecule has 4 heteroatoms. The summed E-state index contributed by atoms with van der Waals surface area (Å²) in [7, 11) is 0. The smallest absolute Gasteiger partial charge is 0.343 e. The van der Waals surface area contributed by atoms with Crippen molar-refractivity contribution in [2.75, 3.05) is 0 Å². The molecule has 198 valence electrons. The van der Waals surface area contributed by atoms with Crippen molar-refractivity contribution in [1.29, 1.82) is 0 Å². The van der Waals surface area contributed by atoms with Crippen LogP contribution >= 0.6 is 0 Å². The standard InChI is InChI=1S/C36H30O4/c37-35(31-19-15-29(16-20-31)13-11-27-7-3-1-4-8-27)40-34-25-21-32(22-26-34)36(38)39-33-23-17-30(18-24-33)14-12-28-9-5-2-6-10-28/h1-10,15-26H,11-14H2. The third-order valence-electron chi connectivity index (χ3n) is 6.71. The van der Waals surface area contributed by atoms with Gasteiger partial charge in [0.15, 0.2) is 0 Å². The van der Waals surface area contributed by atoms with Gasteiger partial charge < -0.3 is 9.47 Å². The summed E-state index contributed by atoms with van der Waals surface area (Å²) in [5.74, 6) is -0.0769. The van der Waals surface area contributed by atoms with Gasteiger partial charge in [0.2, 0.25) is 0 Å². The average Bonchev–Trinajstić information content (AvgIpc) is 3.01. The molecule has 0 aromatic heterocycles. The van der Waals surface area contributed by atoms with E-state index in [0.717, 1.165) is 31.2 Å². The molecule has 4 nitrogen and oxygen atoms in total. The topological polar surface area (TPSA) is 52.6 Å². The Bertz CT molecular complexity index is 1520. The maximum atomic E-state index is 12.6. The number of aryl methyl sites for hydroxylation is 4. The molecule has 0 amide bonds. The average molecular weight is 527 g/mol. The number of rotatable bonds is 10. The van der Waals surface area contributed by atoms with E-state index in [1.807, 2.05) is 60.7 Å². The summed E-state index contributed by atoms with van der Waals surface area (Å²) in [4.78, 5) is 25.2. The summed E-state index contributed by atoms with van der Waals surface area (Å²) < 4.78 is 11.0. The molecule has 5 aromatic carbocycles. The fraction of sp³-hybridized carbons (Fsp3) is 0.111. The van der Waals surface area contributed by atoms with Gasteiger partial charge in [0, 0.05) is 0 Å². The first-order valence-electron chi connectivity index (χ1n) is 13.4. The van der Waals surface area contributed by atoms with E-state index in [4.69, 9.17) is 9.47 Å². The molecule has 0 fully saturated rings. The van der Waals surface area contributed by atoms with Gasteiger partial charge in [-0.25, -0.2) is 9.59 Å². The normalized spacial score (nSPS) is 10.6. The molecule has 0 unspecified atom stereocenters. The lowest BCUT2D eigenvalue weighted by Gasteiger charge is -2.08. The molecule has 0 atom stereocenters. The second-order valence-corrected chi connectivity index (χ2v) is 9.62. The van der Waals surface area contributed by atoms with Crippen molar-refractivity contribution in [2.45, 2.75) is 25.7 Å². The van der Waals surface area contributed by atoms with Crippen LogP contribution in [0.1, 0.15) is 43.0 Å². The summed E-state index contributed by atoms with van der Waals surface area (Å²) in [6, 6.07) is 42.0. The Kier molecular flexibility index (Phi) is 8.80. The SMILES string of the molecule is O=C(Oc1ccc(C(=O)Oc2ccc(CCc3ccccc3)cc2)cc1)c1ccc(CCc2ccccc2)cc1. The van der Waals surface area contributed by atoms with Gasteiger partial charge in [0.1, 0.15) is 11.5 Å². The zero-order chi connectivity index (χ0) is 27.6. The summed E-state index contributed by atoms with van der Waals surface area (Å²) in [5, 5.41) is 0. The van der Waals surface area contributed by atoms with E-state index in [9.17, 15) is 9.59 Å². The van der Waals surface area contributed by atoms with Crippen molar-refractivity contribution in [1.82, 2.24) is 0 Å². The van der Waals surface area contributed by atoms with Crippen LogP contribution in [-0.4, -0.2) is 11.9 Å². The molecule has 0 heterocycles. The van der Waals surface area contributed by atoms with Gasteiger partial charge in [0.05, 0.1) is 11.1 Å². The molecule has 0 aliphatic heterocycles. The van der Waals surface area contributed by atoms with E-state index in [1.54, 1.807) is 48.5 Å². The van der Waals surface area contributed by atoms with Gasteiger partial charge in [0.25, 0.3) is 0 Å². The number of hydrogen-bond acceptors (Lipinski definition) is 4. The molecular formula is C36H30O4. The zero-order valence-electron chi connectivity index (χ0n) is 22.2. The lowest BCUT2D eigenvalue weighted by Crippen LogP contribution is -2.10. The number of carbonyl (C=O) groups is 2. The Morgan fingerprint density at radius 1 is 0.375 bits per heavy atom. The second-order valence-electron chi connectivity index (χ2n) is 9.62. The minimum absolute atomic E-state index is 0.359. The van der Waals surface area contributed by atoms with Crippen molar-refractivity contribution in [3.8, 4) is 11.5 Å². The summed E-state index contributed by atoms with van der Waals surface area (Å²) >= 11 is 0. The minimum Gasteiger partial charge on any atom is -0.423 e. The molecule has 0 bridgehead atoms. The number of esters is 2. The Morgan fingerprint density at radius 2 is 0.675 bits per heavy atom. The maximum absolute atomic E-state index is 12.6. The van der Waals surface area contributed by atoms with Crippen molar-refractivity contribution in [3.63, 3.8) is 0 Å². The first kappa shape index (κ1) is 26.6. The number of hydrogen-bond donors (Lipinski definition) is 0. The number of ether oxygens (including phenoxy) is 2. The Balaban J connectivity index is 1.10. The van der Waals surface area contributed by atoms with Crippen LogP contribution < -0.4 is 9.47 Å². The third-order valence-corrected chi connectivity index (χ3v) is 6.71. The van der Waals surface area contributed by atoms with Crippen LogP contribution in [0.2, 0.25) is 0 Å². The first-order chi connectivity index (χ1) is 19.6. The van der Waals surface area contributed by atoms with Crippen LogP contribution in [0.25, 0.3) is 0 Å². The first-order valence-corrected chi connectivity index (χ1v) is 13.4. The van der Waals surface area contributed by atoms with Gasteiger partial charge in [-0.1, -0.05) is 84.9 Å². The molecule has 5 rings (SSSR count). The fourth-order valence-electron chi connectivity index (χ4n) is 4.39. The monoisotopic (exact) mass is 526 g/mol. The van der Waals surface area contributed by atoms with Crippen molar-refractivity contribution in [2.24, 2.45) is 0 Å². The second kappa shape index (κ2) is 13.2. The van der Waals surface area contributed by atoms with Gasteiger partial charge in [-0.05, 0) is 96.5 Å². The third kappa shape index (κ3) is 7.55. The van der Waals surface area contributed by atoms with E-state index in [0.29, 0.717) is 22.6 Å². The van der Waals surface area contributed by atoms with Crippen LogP contribution in [0.15, 0.2) is 133 Å². The van der Waals surface area contributed by atoms with Crippen molar-refractivity contribution in [3.05, 3.63) is 167 Å². The van der Waals surface area contributed by atoms with Crippen molar-refractivity contribution >= 4 is 11.9 Å². The summed E-state index contributed by atoms with van der Waals surface area (Å²) in [5.41, 5.74) is 5.75. The summed E-state index contributed by atoms with van der Waals surface area (Å²) in [6.45, 7) is 0. The van der Waals surface area contributed by atoms with Crippen LogP contribution in [0.5, 0.6) is 11.5 Å². The quantitative estimate of drug-likeness (QED) is 0.138. The van der Waals surface area contributed by atoms with Gasteiger partial charge in [-0.3, -0.25) is 0 Å². The highest BCUT2D eigenvalue weighted by Gasteiger charge is 2.12. The molecular weight excluding hydrogens is 496 g/mol. The lowest BCUT2D eigenvalue weighted by atomic mass is 10.0. The van der Waals surface area contributed by atoms with Gasteiger partial charge >= 0.3 is 11.9 Å². The highest BCUT2D eigenvalue weighted by Crippen LogP contribution is 2.19. The molecule has 0 spiro atoms. The van der Waals surface area contributed by atoms with E-state index >= 15 is 0 Å². The lowest BCUT2D eigenvalue weighted by molar-refractivity contribution is 0.0730. The van der Waals surface area contributed by atoms with Crippen LogP contribution in [0, 0.1) is 0 Å². The molecule has 0 N–H and O–H groups in total. The highest BCUT2D eigenvalue weighted by molar-refractivity contribution is 5.92. The largest absolute Gasteiger partial charge is 0.423 e. The molecule has 5 aromatic rings. The van der Waals surface area contributed by atoms with Crippen LogP contribution in [0.4, 0.5) is 0 Å². The van der Waals surface area contributed by atoms with E-state index < -0.39 is 11.9 Å². The molecule has 0 saturated heterocycles. The van der Waals surface area contributed by atoms with Gasteiger partial charge in [-0.2, -0.15) is 0 Å². The maximum Gasteiger partial charge on any atom is 0.343 e. The van der Waals surface area contributed by atoms with Crippen molar-refractivity contribution < 1.29 is 19.1 Å². The van der Waals surface area contributed by atoms with Crippen LogP contribution in [0.3, 0.4) is 0 Å². The predicted molar refractivity (Wildman–Crippen MR) is 157 cm³/mol. The number of benzene rings is 5. The fourth-order valence-corrected chi connectivity index (χ4v) is 4.39. The molecule has 0 aliphatic rings. The predicted octanol–water partition coefficient (Wildman–Crippen LogP) is 7.70. The Morgan fingerprint density at radius 3 is 1.07 bits per heavy atom. The minimum atomic E-state index is -0.471.